The topological polar surface area (TPSA) is 71.1 Å². The van der Waals surface area contributed by atoms with E-state index in [9.17, 15) is 0 Å². The van der Waals surface area contributed by atoms with Crippen molar-refractivity contribution < 1.29 is 4.74 Å². The zero-order chi connectivity index (χ0) is 22.6. The second-order valence-corrected chi connectivity index (χ2v) is 7.82. The number of fused-ring (bicyclic) bond motifs is 2. The highest BCUT2D eigenvalue weighted by Crippen LogP contribution is 2.27. The van der Waals surface area contributed by atoms with Crippen molar-refractivity contribution in [3.63, 3.8) is 0 Å². The van der Waals surface area contributed by atoms with Gasteiger partial charge in [0.05, 0.1) is 12.6 Å². The minimum Gasteiger partial charge on any atom is -0.497 e. The van der Waals surface area contributed by atoms with Gasteiger partial charge in [0, 0.05) is 27.8 Å². The molecule has 1 aromatic heterocycles. The molecule has 0 saturated carbocycles. The van der Waals surface area contributed by atoms with Crippen molar-refractivity contribution in [2.45, 2.75) is 0 Å². The monoisotopic (exact) mass is 451 g/mol. The first-order chi connectivity index (χ1) is 16.2. The van der Waals surface area contributed by atoms with Gasteiger partial charge in [-0.1, -0.05) is 36.4 Å². The zero-order valence-corrected chi connectivity index (χ0v) is 18.7. The van der Waals surface area contributed by atoms with Crippen molar-refractivity contribution in [1.29, 1.82) is 0 Å². The van der Waals surface area contributed by atoms with E-state index in [1.807, 2.05) is 66.7 Å². The molecule has 0 aliphatic heterocycles. The van der Waals surface area contributed by atoms with E-state index in [2.05, 4.69) is 44.1 Å². The Balaban J connectivity index is 1.38. The highest BCUT2D eigenvalue weighted by Gasteiger charge is 2.08. The molecule has 1 heterocycles. The van der Waals surface area contributed by atoms with Gasteiger partial charge in [-0.25, -0.2) is 9.97 Å². The average Bonchev–Trinajstić information content (AvgIpc) is 2.85. The molecule has 0 spiro atoms. The number of ether oxygens (including phenoxy) is 1. The van der Waals surface area contributed by atoms with E-state index < -0.39 is 0 Å². The molecule has 6 nitrogen and oxygen atoms in total. The molecule has 0 radical (unpaired) electrons. The van der Waals surface area contributed by atoms with Crippen LogP contribution in [0.1, 0.15) is 0 Å². The van der Waals surface area contributed by atoms with Gasteiger partial charge in [-0.15, -0.1) is 0 Å². The number of aromatic nitrogens is 2. The van der Waals surface area contributed by atoms with E-state index in [1.165, 1.54) is 0 Å². The first-order valence-electron chi connectivity index (χ1n) is 10.4. The summed E-state index contributed by atoms with van der Waals surface area (Å²) >= 11 is 5.58. The van der Waals surface area contributed by atoms with Gasteiger partial charge in [-0.2, -0.15) is 0 Å². The number of rotatable bonds is 5. The van der Waals surface area contributed by atoms with Crippen LogP contribution in [-0.4, -0.2) is 22.2 Å². The Morgan fingerprint density at radius 1 is 0.788 bits per heavy atom. The van der Waals surface area contributed by atoms with Gasteiger partial charge in [-0.05, 0) is 66.1 Å². The lowest BCUT2D eigenvalue weighted by Gasteiger charge is -2.14. The summed E-state index contributed by atoms with van der Waals surface area (Å²) in [5, 5.41) is 13.6. The van der Waals surface area contributed by atoms with E-state index in [4.69, 9.17) is 17.0 Å². The minimum absolute atomic E-state index is 0.507. The Kier molecular flexibility index (Phi) is 5.70. The maximum atomic E-state index is 5.58. The van der Waals surface area contributed by atoms with Crippen LogP contribution in [0.15, 0.2) is 91.3 Å². The molecule has 5 aromatic rings. The van der Waals surface area contributed by atoms with Crippen LogP contribution in [0.5, 0.6) is 5.75 Å². The normalized spacial score (nSPS) is 10.7. The Labute approximate surface area is 196 Å². The fourth-order valence-corrected chi connectivity index (χ4v) is 3.89. The maximum absolute atomic E-state index is 5.58. The number of thiocarbonyl (C=S) groups is 1. The van der Waals surface area contributed by atoms with E-state index >= 15 is 0 Å². The van der Waals surface area contributed by atoms with Gasteiger partial charge in [0.2, 0.25) is 0 Å². The molecule has 0 unspecified atom stereocenters. The highest BCUT2D eigenvalue weighted by molar-refractivity contribution is 7.80. The number of hydrogen-bond acceptors (Lipinski definition) is 5. The highest BCUT2D eigenvalue weighted by atomic mass is 32.1. The fraction of sp³-hybridized carbons (Fsp3) is 0.0385. The summed E-state index contributed by atoms with van der Waals surface area (Å²) in [5.41, 5.74) is 3.53. The van der Waals surface area contributed by atoms with Gasteiger partial charge < -0.3 is 20.7 Å². The lowest BCUT2D eigenvalue weighted by atomic mass is 10.1. The molecule has 33 heavy (non-hydrogen) atoms. The van der Waals surface area contributed by atoms with E-state index in [-0.39, 0.29) is 0 Å². The first kappa shape index (κ1) is 20.7. The van der Waals surface area contributed by atoms with E-state index in [0.717, 1.165) is 44.5 Å². The van der Waals surface area contributed by atoms with Crippen LogP contribution in [0, 0.1) is 0 Å². The van der Waals surface area contributed by atoms with Crippen LogP contribution in [0.2, 0.25) is 0 Å². The van der Waals surface area contributed by atoms with Crippen molar-refractivity contribution in [3.8, 4) is 5.75 Å². The van der Waals surface area contributed by atoms with Crippen LogP contribution < -0.4 is 20.7 Å². The van der Waals surface area contributed by atoms with Gasteiger partial charge in [-0.3, -0.25) is 0 Å². The SMILES string of the molecule is COc1ccc(Nc2ncnc3ccc(NC(=S)Nc4cccc5ccccc45)cc23)cc1. The largest absolute Gasteiger partial charge is 0.497 e. The van der Waals surface area contributed by atoms with Crippen molar-refractivity contribution in [1.82, 2.24) is 9.97 Å². The number of hydrogen-bond donors (Lipinski definition) is 3. The smallest absolute Gasteiger partial charge is 0.175 e. The van der Waals surface area contributed by atoms with E-state index in [0.29, 0.717) is 10.9 Å². The van der Waals surface area contributed by atoms with Crippen molar-refractivity contribution >= 4 is 61.9 Å². The van der Waals surface area contributed by atoms with Gasteiger partial charge in [0.15, 0.2) is 5.11 Å². The predicted molar refractivity (Wildman–Crippen MR) is 140 cm³/mol. The van der Waals surface area contributed by atoms with Gasteiger partial charge in [0.1, 0.15) is 17.9 Å². The molecule has 4 aromatic carbocycles. The molecule has 0 aliphatic carbocycles. The third-order valence-corrected chi connectivity index (χ3v) is 5.49. The lowest BCUT2D eigenvalue weighted by molar-refractivity contribution is 0.415. The second kappa shape index (κ2) is 9.10. The van der Waals surface area contributed by atoms with Crippen LogP contribution in [-0.2, 0) is 0 Å². The predicted octanol–water partition coefficient (Wildman–Crippen LogP) is 6.34. The summed E-state index contributed by atoms with van der Waals surface area (Å²) in [7, 11) is 1.65. The van der Waals surface area contributed by atoms with Crippen LogP contribution in [0.3, 0.4) is 0 Å². The fourth-order valence-electron chi connectivity index (χ4n) is 3.66. The first-order valence-corrected chi connectivity index (χ1v) is 10.8. The van der Waals surface area contributed by atoms with E-state index in [1.54, 1.807) is 13.4 Å². The number of nitrogens with zero attached hydrogens (tertiary/aromatic N) is 2. The number of nitrogens with one attached hydrogen (secondary N) is 3. The summed E-state index contributed by atoms with van der Waals surface area (Å²) < 4.78 is 5.23. The molecule has 3 N–H and O–H groups in total. The lowest BCUT2D eigenvalue weighted by Crippen LogP contribution is -2.19. The number of methoxy groups -OCH3 is 1. The van der Waals surface area contributed by atoms with Crippen LogP contribution in [0.4, 0.5) is 22.9 Å². The van der Waals surface area contributed by atoms with Crippen molar-refractivity contribution in [2.24, 2.45) is 0 Å². The molecular formula is C26H21N5OS. The van der Waals surface area contributed by atoms with Crippen molar-refractivity contribution in [2.75, 3.05) is 23.1 Å². The molecular weight excluding hydrogens is 430 g/mol. The summed E-state index contributed by atoms with van der Waals surface area (Å²) in [5.74, 6) is 1.51. The van der Waals surface area contributed by atoms with Crippen molar-refractivity contribution in [3.05, 3.63) is 91.3 Å². The summed E-state index contributed by atoms with van der Waals surface area (Å²) in [6.45, 7) is 0. The van der Waals surface area contributed by atoms with Crippen LogP contribution in [0.25, 0.3) is 21.7 Å². The molecule has 0 bridgehead atoms. The summed E-state index contributed by atoms with van der Waals surface area (Å²) in [6, 6.07) is 27.9. The van der Waals surface area contributed by atoms with Gasteiger partial charge >= 0.3 is 0 Å². The quantitative estimate of drug-likeness (QED) is 0.269. The Morgan fingerprint density at radius 3 is 2.42 bits per heavy atom. The minimum atomic E-state index is 0.507. The van der Waals surface area contributed by atoms with Gasteiger partial charge in [0.25, 0.3) is 0 Å². The molecule has 0 atom stereocenters. The van der Waals surface area contributed by atoms with Crippen LogP contribution >= 0.6 is 12.2 Å². The number of benzene rings is 4. The molecule has 5 rings (SSSR count). The Bertz CT molecular complexity index is 1450. The maximum Gasteiger partial charge on any atom is 0.175 e. The standard InChI is InChI=1S/C26H21N5OS/c1-32-20-12-9-18(10-13-20)29-25-22-15-19(11-14-23(22)27-16-28-25)30-26(33)31-24-8-4-6-17-5-2-3-7-21(17)24/h2-16H,1H3,(H,27,28,29)(H2,30,31,33). The summed E-state index contributed by atoms with van der Waals surface area (Å²) in [6.07, 6.45) is 1.55. The summed E-state index contributed by atoms with van der Waals surface area (Å²) in [4.78, 5) is 8.82. The average molecular weight is 452 g/mol. The Morgan fingerprint density at radius 2 is 1.58 bits per heavy atom. The third-order valence-electron chi connectivity index (χ3n) is 5.28. The Hall–Kier alpha value is -4.23. The third kappa shape index (κ3) is 4.53. The molecule has 0 saturated heterocycles. The molecule has 0 fully saturated rings. The number of anilines is 4. The molecule has 0 amide bonds. The molecule has 0 aliphatic rings. The molecule has 7 heteroatoms. The molecule has 162 valence electrons. The zero-order valence-electron chi connectivity index (χ0n) is 17.9. The second-order valence-electron chi connectivity index (χ2n) is 7.41.